The lowest BCUT2D eigenvalue weighted by Crippen LogP contribution is -2.24. The monoisotopic (exact) mass is 439 g/mol. The Morgan fingerprint density at radius 1 is 0.906 bits per heavy atom. The zero-order valence-electron chi connectivity index (χ0n) is 20.6. The summed E-state index contributed by atoms with van der Waals surface area (Å²) in [7, 11) is 0. The van der Waals surface area contributed by atoms with Crippen LogP contribution in [0.15, 0.2) is 36.4 Å². The van der Waals surface area contributed by atoms with E-state index >= 15 is 0 Å². The number of imidazole rings is 1. The zero-order valence-corrected chi connectivity index (χ0v) is 20.6. The van der Waals surface area contributed by atoms with E-state index in [4.69, 9.17) is 4.98 Å². The molecule has 0 aliphatic heterocycles. The second kappa shape index (κ2) is 15.7. The van der Waals surface area contributed by atoms with Crippen molar-refractivity contribution in [1.29, 1.82) is 0 Å². The molecule has 178 valence electrons. The van der Waals surface area contributed by atoms with E-state index in [1.807, 2.05) is 0 Å². The second-order valence-corrected chi connectivity index (χ2v) is 9.20. The number of unbranched alkanes of at least 4 members (excludes halogenated alkanes) is 11. The minimum Gasteiger partial charge on any atom is -0.352 e. The molecule has 2 rings (SSSR count). The Morgan fingerprint density at radius 3 is 2.22 bits per heavy atom. The molecule has 0 fully saturated rings. The molecule has 0 saturated heterocycles. The molecule has 0 saturated carbocycles. The summed E-state index contributed by atoms with van der Waals surface area (Å²) in [6.07, 6.45) is 17.8. The maximum absolute atomic E-state index is 11.6. The number of rotatable bonds is 18. The number of carbonyl (C=O) groups excluding carboxylic acids is 1. The summed E-state index contributed by atoms with van der Waals surface area (Å²) in [6.45, 7) is 9.49. The average Bonchev–Trinajstić information content (AvgIpc) is 3.14. The molecular weight excluding hydrogens is 394 g/mol. The molecule has 4 nitrogen and oxygen atoms in total. The van der Waals surface area contributed by atoms with Crippen molar-refractivity contribution in [3.05, 3.63) is 42.2 Å². The Labute approximate surface area is 195 Å². The van der Waals surface area contributed by atoms with Crippen LogP contribution in [0.4, 0.5) is 0 Å². The summed E-state index contributed by atoms with van der Waals surface area (Å²) in [5.41, 5.74) is 2.96. The fourth-order valence-corrected chi connectivity index (χ4v) is 4.26. The number of nitrogens with one attached hydrogen (secondary N) is 1. The highest BCUT2D eigenvalue weighted by Gasteiger charge is 2.10. The highest BCUT2D eigenvalue weighted by Crippen LogP contribution is 2.19. The smallest absolute Gasteiger partial charge is 0.246 e. The van der Waals surface area contributed by atoms with Gasteiger partial charge in [0.1, 0.15) is 5.82 Å². The van der Waals surface area contributed by atoms with Crippen LogP contribution in [0.25, 0.3) is 11.0 Å². The first-order valence-corrected chi connectivity index (χ1v) is 13.0. The van der Waals surface area contributed by atoms with E-state index in [2.05, 4.69) is 47.7 Å². The number of aromatic nitrogens is 2. The molecule has 1 aromatic carbocycles. The fourth-order valence-electron chi connectivity index (χ4n) is 4.26. The molecule has 1 heterocycles. The largest absolute Gasteiger partial charge is 0.352 e. The molecule has 1 aromatic heterocycles. The molecule has 0 spiro atoms. The summed E-state index contributed by atoms with van der Waals surface area (Å²) in [4.78, 5) is 16.5. The van der Waals surface area contributed by atoms with Crippen molar-refractivity contribution in [1.82, 2.24) is 14.9 Å². The molecule has 32 heavy (non-hydrogen) atoms. The number of nitrogens with zero attached hydrogens (tertiary/aromatic N) is 2. The van der Waals surface area contributed by atoms with Crippen LogP contribution in [-0.2, 0) is 17.8 Å². The Bertz CT molecular complexity index is 808. The first-order valence-electron chi connectivity index (χ1n) is 13.0. The first kappa shape index (κ1) is 26.2. The summed E-state index contributed by atoms with van der Waals surface area (Å²) < 4.78 is 2.45. The van der Waals surface area contributed by atoms with E-state index in [-0.39, 0.29) is 5.91 Å². The van der Waals surface area contributed by atoms with Gasteiger partial charge in [-0.15, -0.1) is 0 Å². The maximum Gasteiger partial charge on any atom is 0.246 e. The number of aryl methyl sites for hydroxylation is 2. The van der Waals surface area contributed by atoms with E-state index in [0.717, 1.165) is 44.3 Å². The van der Waals surface area contributed by atoms with Gasteiger partial charge in [0.2, 0.25) is 5.91 Å². The van der Waals surface area contributed by atoms with E-state index in [1.54, 1.807) is 6.92 Å². The van der Waals surface area contributed by atoms with E-state index in [0.29, 0.717) is 5.57 Å². The third-order valence-corrected chi connectivity index (χ3v) is 6.22. The number of carbonyl (C=O) groups is 1. The molecule has 2 aromatic rings. The van der Waals surface area contributed by atoms with Crippen LogP contribution in [0.3, 0.4) is 0 Å². The van der Waals surface area contributed by atoms with Gasteiger partial charge >= 0.3 is 0 Å². The second-order valence-electron chi connectivity index (χ2n) is 9.20. The lowest BCUT2D eigenvalue weighted by atomic mass is 10.1. The van der Waals surface area contributed by atoms with Crippen LogP contribution < -0.4 is 5.32 Å². The van der Waals surface area contributed by atoms with Gasteiger partial charge in [-0.3, -0.25) is 4.79 Å². The topological polar surface area (TPSA) is 46.9 Å². The van der Waals surface area contributed by atoms with Gasteiger partial charge in [-0.05, 0) is 38.3 Å². The predicted molar refractivity (Wildman–Crippen MR) is 137 cm³/mol. The number of hydrogen-bond donors (Lipinski definition) is 1. The SMILES string of the molecule is C=C(C)C(=O)NCCCCCc1nc2ccccc2n1CCCCCCCCCCCC. The molecule has 1 amide bonds. The average molecular weight is 440 g/mol. The fraction of sp³-hybridized carbons (Fsp3) is 0.643. The Kier molecular flexibility index (Phi) is 12.8. The van der Waals surface area contributed by atoms with Gasteiger partial charge in [-0.2, -0.15) is 0 Å². The molecule has 4 heteroatoms. The molecule has 0 aliphatic rings. The molecule has 0 bridgehead atoms. The van der Waals surface area contributed by atoms with Gasteiger partial charge in [-0.1, -0.05) is 89.8 Å². The standard InChI is InChI=1S/C28H45N3O/c1-4-5-6-7-8-9-10-11-12-18-23-31-26-20-16-15-19-25(26)30-27(31)21-14-13-17-22-29-28(32)24(2)3/h15-16,19-20H,2,4-14,17-18,21-23H2,1,3H3,(H,29,32). The van der Waals surface area contributed by atoms with Crippen LogP contribution >= 0.6 is 0 Å². The van der Waals surface area contributed by atoms with Crippen molar-refractivity contribution in [3.63, 3.8) is 0 Å². The third kappa shape index (κ3) is 9.58. The summed E-state index contributed by atoms with van der Waals surface area (Å²) in [5.74, 6) is 1.18. The Morgan fingerprint density at radius 2 is 1.53 bits per heavy atom. The predicted octanol–water partition coefficient (Wildman–Crippen LogP) is 7.36. The van der Waals surface area contributed by atoms with Gasteiger partial charge in [0.15, 0.2) is 0 Å². The molecule has 0 atom stereocenters. The highest BCUT2D eigenvalue weighted by molar-refractivity contribution is 5.92. The van der Waals surface area contributed by atoms with Crippen LogP contribution in [0, 0.1) is 0 Å². The van der Waals surface area contributed by atoms with E-state index in [9.17, 15) is 4.79 Å². The van der Waals surface area contributed by atoms with Crippen molar-refractivity contribution in [3.8, 4) is 0 Å². The molecule has 0 radical (unpaired) electrons. The van der Waals surface area contributed by atoms with Crippen LogP contribution in [0.2, 0.25) is 0 Å². The van der Waals surface area contributed by atoms with Crippen molar-refractivity contribution in [2.45, 2.75) is 110 Å². The number of para-hydroxylation sites is 2. The maximum atomic E-state index is 11.6. The number of amides is 1. The van der Waals surface area contributed by atoms with E-state index in [1.165, 1.54) is 75.5 Å². The van der Waals surface area contributed by atoms with Crippen molar-refractivity contribution in [2.24, 2.45) is 0 Å². The van der Waals surface area contributed by atoms with Crippen LogP contribution in [-0.4, -0.2) is 22.0 Å². The minimum absolute atomic E-state index is 0.0386. The third-order valence-electron chi connectivity index (χ3n) is 6.22. The summed E-state index contributed by atoms with van der Waals surface area (Å²) in [5, 5.41) is 2.92. The molecule has 0 unspecified atom stereocenters. The van der Waals surface area contributed by atoms with Gasteiger partial charge < -0.3 is 9.88 Å². The van der Waals surface area contributed by atoms with Gasteiger partial charge in [0.05, 0.1) is 11.0 Å². The highest BCUT2D eigenvalue weighted by atomic mass is 16.1. The number of fused-ring (bicyclic) bond motifs is 1. The number of benzene rings is 1. The number of hydrogen-bond acceptors (Lipinski definition) is 2. The Hall–Kier alpha value is -2.10. The summed E-state index contributed by atoms with van der Waals surface area (Å²) >= 11 is 0. The quantitative estimate of drug-likeness (QED) is 0.195. The van der Waals surface area contributed by atoms with Crippen molar-refractivity contribution < 1.29 is 4.79 Å². The first-order chi connectivity index (χ1) is 15.6. The molecular formula is C28H45N3O. The van der Waals surface area contributed by atoms with Crippen molar-refractivity contribution in [2.75, 3.05) is 6.54 Å². The molecule has 0 aliphatic carbocycles. The van der Waals surface area contributed by atoms with Crippen LogP contribution in [0.5, 0.6) is 0 Å². The van der Waals surface area contributed by atoms with Crippen molar-refractivity contribution >= 4 is 16.9 Å². The lowest BCUT2D eigenvalue weighted by molar-refractivity contribution is -0.117. The van der Waals surface area contributed by atoms with Gasteiger partial charge in [-0.25, -0.2) is 4.98 Å². The van der Waals surface area contributed by atoms with Gasteiger partial charge in [0, 0.05) is 25.1 Å². The Balaban J connectivity index is 1.71. The van der Waals surface area contributed by atoms with Crippen LogP contribution in [0.1, 0.15) is 103 Å². The molecule has 1 N–H and O–H groups in total. The minimum atomic E-state index is -0.0386. The van der Waals surface area contributed by atoms with E-state index < -0.39 is 0 Å². The van der Waals surface area contributed by atoms with Gasteiger partial charge in [0.25, 0.3) is 0 Å². The normalized spacial score (nSPS) is 11.2. The lowest BCUT2D eigenvalue weighted by Gasteiger charge is -2.10. The summed E-state index contributed by atoms with van der Waals surface area (Å²) in [6, 6.07) is 8.53. The zero-order chi connectivity index (χ0) is 23.0.